The van der Waals surface area contributed by atoms with Gasteiger partial charge in [0, 0.05) is 18.7 Å². The lowest BCUT2D eigenvalue weighted by Crippen LogP contribution is -2.58. The first-order chi connectivity index (χ1) is 15.9. The summed E-state index contributed by atoms with van der Waals surface area (Å²) in [5.41, 5.74) is 2.49. The summed E-state index contributed by atoms with van der Waals surface area (Å²) in [5, 5.41) is 12.4. The van der Waals surface area contributed by atoms with Gasteiger partial charge in [-0.2, -0.15) is 0 Å². The normalized spacial score (nSPS) is 19.3. The van der Waals surface area contributed by atoms with Crippen LogP contribution in [0.15, 0.2) is 72.8 Å². The average Bonchev–Trinajstić information content (AvgIpc) is 2.83. The third-order valence-corrected chi connectivity index (χ3v) is 6.58. The van der Waals surface area contributed by atoms with Gasteiger partial charge in [0.2, 0.25) is 0 Å². The highest BCUT2D eigenvalue weighted by atomic mass is 19.1. The molecule has 3 aromatic carbocycles. The van der Waals surface area contributed by atoms with Crippen molar-refractivity contribution >= 4 is 6.03 Å². The number of hydrogen-bond acceptors (Lipinski definition) is 2. The highest BCUT2D eigenvalue weighted by molar-refractivity contribution is 5.77. The van der Waals surface area contributed by atoms with Gasteiger partial charge >= 0.3 is 6.03 Å². The van der Waals surface area contributed by atoms with Gasteiger partial charge < -0.3 is 15.3 Å². The molecule has 0 spiro atoms. The molecule has 4 rings (SSSR count). The zero-order valence-corrected chi connectivity index (χ0v) is 18.6. The molecule has 2 atom stereocenters. The van der Waals surface area contributed by atoms with E-state index in [0.29, 0.717) is 31.4 Å². The number of nitrogens with one attached hydrogen (secondary N) is 1. The number of rotatable bonds is 7. The minimum Gasteiger partial charge on any atom is -0.396 e. The second-order valence-corrected chi connectivity index (χ2v) is 8.57. The predicted molar refractivity (Wildman–Crippen MR) is 125 cm³/mol. The predicted octanol–water partition coefficient (Wildman–Crippen LogP) is 5.78. The van der Waals surface area contributed by atoms with Crippen molar-refractivity contribution < 1.29 is 18.7 Å². The zero-order valence-electron chi connectivity index (χ0n) is 18.6. The first-order valence-corrected chi connectivity index (χ1v) is 11.2. The summed E-state index contributed by atoms with van der Waals surface area (Å²) in [6, 6.07) is 20.3. The quantitative estimate of drug-likeness (QED) is 0.480. The van der Waals surface area contributed by atoms with Crippen LogP contribution in [0.25, 0.3) is 11.1 Å². The first-order valence-electron chi connectivity index (χ1n) is 11.2. The lowest BCUT2D eigenvalue weighted by atomic mass is 9.80. The molecule has 0 bridgehead atoms. The second-order valence-electron chi connectivity index (χ2n) is 8.57. The smallest absolute Gasteiger partial charge is 0.318 e. The Hall–Kier alpha value is -3.25. The fraction of sp³-hybridized carbons (Fsp3) is 0.296. The maximum Gasteiger partial charge on any atom is 0.318 e. The molecule has 4 nitrogen and oxygen atoms in total. The van der Waals surface area contributed by atoms with E-state index in [1.54, 1.807) is 35.2 Å². The van der Waals surface area contributed by atoms with E-state index >= 15 is 0 Å². The van der Waals surface area contributed by atoms with Gasteiger partial charge in [0.1, 0.15) is 11.6 Å². The van der Waals surface area contributed by atoms with Crippen molar-refractivity contribution in [1.82, 2.24) is 10.2 Å². The molecule has 0 radical (unpaired) electrons. The third kappa shape index (κ3) is 4.76. The van der Waals surface area contributed by atoms with Crippen molar-refractivity contribution in [3.8, 4) is 11.1 Å². The van der Waals surface area contributed by atoms with Crippen LogP contribution in [0.2, 0.25) is 0 Å². The highest BCUT2D eigenvalue weighted by Gasteiger charge is 2.42. The van der Waals surface area contributed by atoms with E-state index in [9.17, 15) is 18.7 Å². The Morgan fingerprint density at radius 2 is 1.64 bits per heavy atom. The number of urea groups is 1. The molecule has 6 heteroatoms. The lowest BCUT2D eigenvalue weighted by Gasteiger charge is -2.45. The summed E-state index contributed by atoms with van der Waals surface area (Å²) in [7, 11) is 0. The van der Waals surface area contributed by atoms with Gasteiger partial charge in [0.05, 0.1) is 11.6 Å². The van der Waals surface area contributed by atoms with E-state index < -0.39 is 5.54 Å². The van der Waals surface area contributed by atoms with Crippen LogP contribution in [0.1, 0.15) is 43.4 Å². The Labute approximate surface area is 192 Å². The fourth-order valence-corrected chi connectivity index (χ4v) is 4.65. The summed E-state index contributed by atoms with van der Waals surface area (Å²) < 4.78 is 27.8. The Morgan fingerprint density at radius 1 is 1.00 bits per heavy atom. The summed E-state index contributed by atoms with van der Waals surface area (Å²) in [6.45, 7) is 2.41. The van der Waals surface area contributed by atoms with Gasteiger partial charge in [-0.3, -0.25) is 0 Å². The van der Waals surface area contributed by atoms with Crippen molar-refractivity contribution in [3.63, 3.8) is 0 Å². The molecule has 0 saturated carbocycles. The molecule has 1 fully saturated rings. The maximum absolute atomic E-state index is 14.6. The van der Waals surface area contributed by atoms with Crippen LogP contribution in [0, 0.1) is 11.6 Å². The number of aliphatic hydroxyl groups excluding tert-OH is 1. The molecule has 1 aliphatic heterocycles. The van der Waals surface area contributed by atoms with Crippen LogP contribution in [-0.4, -0.2) is 29.2 Å². The molecular formula is C27H28F2N2O2. The number of benzene rings is 3. The van der Waals surface area contributed by atoms with E-state index in [-0.39, 0.29) is 30.3 Å². The molecular weight excluding hydrogens is 422 g/mol. The van der Waals surface area contributed by atoms with E-state index in [0.717, 1.165) is 16.7 Å². The molecule has 3 aromatic rings. The lowest BCUT2D eigenvalue weighted by molar-refractivity contribution is 0.115. The van der Waals surface area contributed by atoms with Crippen LogP contribution >= 0.6 is 0 Å². The van der Waals surface area contributed by atoms with E-state index in [2.05, 4.69) is 5.32 Å². The number of carbonyl (C=O) groups excluding carboxylic acids is 1. The van der Waals surface area contributed by atoms with Gasteiger partial charge in [0.25, 0.3) is 0 Å². The molecule has 0 aliphatic carbocycles. The molecule has 0 aromatic heterocycles. The summed E-state index contributed by atoms with van der Waals surface area (Å²) in [5.74, 6) is -0.626. The van der Waals surface area contributed by atoms with Crippen molar-refractivity contribution in [2.24, 2.45) is 0 Å². The van der Waals surface area contributed by atoms with E-state index in [1.807, 2.05) is 31.2 Å². The van der Waals surface area contributed by atoms with Crippen LogP contribution in [0.5, 0.6) is 0 Å². The van der Waals surface area contributed by atoms with Crippen LogP contribution in [0.4, 0.5) is 13.6 Å². The summed E-state index contributed by atoms with van der Waals surface area (Å²) in [4.78, 5) is 14.9. The fourth-order valence-electron chi connectivity index (χ4n) is 4.65. The number of halogens is 2. The number of hydrogen-bond donors (Lipinski definition) is 2. The summed E-state index contributed by atoms with van der Waals surface area (Å²) >= 11 is 0. The molecule has 2 N–H and O–H groups in total. The molecule has 33 heavy (non-hydrogen) atoms. The number of amides is 2. The minimum atomic E-state index is -0.839. The van der Waals surface area contributed by atoms with E-state index in [1.165, 1.54) is 18.2 Å². The van der Waals surface area contributed by atoms with Crippen LogP contribution < -0.4 is 5.32 Å². The first kappa shape index (κ1) is 22.9. The van der Waals surface area contributed by atoms with E-state index in [4.69, 9.17) is 0 Å². The average molecular weight is 451 g/mol. The number of aliphatic hydroxyl groups is 1. The van der Waals surface area contributed by atoms with Crippen molar-refractivity contribution in [1.29, 1.82) is 0 Å². The molecule has 2 unspecified atom stereocenters. The van der Waals surface area contributed by atoms with Crippen LogP contribution in [-0.2, 0) is 5.54 Å². The molecule has 1 aliphatic rings. The third-order valence-electron chi connectivity index (χ3n) is 6.58. The standard InChI is InChI=1S/C27H28F2N2O2/c1-19(20-7-9-21(10-8-20)22-11-13-23(28)14-12-22)31-17-16-27(15-4-18-32,30-26(31)33)24-5-2-3-6-25(24)29/h2-3,5-14,19,32H,4,15-18H2,1H3,(H,30,33). The molecule has 1 heterocycles. The van der Waals surface area contributed by atoms with Gasteiger partial charge in [-0.15, -0.1) is 0 Å². The van der Waals surface area contributed by atoms with Gasteiger partial charge in [-0.05, 0) is 61.1 Å². The summed E-state index contributed by atoms with van der Waals surface area (Å²) in [6.07, 6.45) is 1.47. The van der Waals surface area contributed by atoms with Crippen LogP contribution in [0.3, 0.4) is 0 Å². The van der Waals surface area contributed by atoms with Gasteiger partial charge in [-0.25, -0.2) is 13.6 Å². The second kappa shape index (κ2) is 9.71. The Morgan fingerprint density at radius 3 is 2.24 bits per heavy atom. The highest BCUT2D eigenvalue weighted by Crippen LogP contribution is 2.37. The van der Waals surface area contributed by atoms with Crippen molar-refractivity contribution in [3.05, 3.63) is 95.6 Å². The van der Waals surface area contributed by atoms with Crippen molar-refractivity contribution in [2.75, 3.05) is 13.2 Å². The maximum atomic E-state index is 14.6. The Balaban J connectivity index is 1.52. The Bertz CT molecular complexity index is 1100. The SMILES string of the molecule is CC(c1ccc(-c2ccc(F)cc2)cc1)N1CCC(CCCO)(c2ccccc2F)NC1=O. The molecule has 2 amide bonds. The largest absolute Gasteiger partial charge is 0.396 e. The zero-order chi connectivity index (χ0) is 23.4. The van der Waals surface area contributed by atoms with Crippen molar-refractivity contribution in [2.45, 2.75) is 37.8 Å². The van der Waals surface area contributed by atoms with Gasteiger partial charge in [0.15, 0.2) is 0 Å². The monoisotopic (exact) mass is 450 g/mol. The topological polar surface area (TPSA) is 52.6 Å². The minimum absolute atomic E-state index is 0.0212. The molecule has 1 saturated heterocycles. The Kier molecular flexibility index (Phi) is 6.75. The number of carbonyl (C=O) groups is 1. The number of nitrogens with zero attached hydrogens (tertiary/aromatic N) is 1. The van der Waals surface area contributed by atoms with Gasteiger partial charge in [-0.1, -0.05) is 54.6 Å². The molecule has 172 valence electrons.